The molecule has 0 aliphatic heterocycles. The van der Waals surface area contributed by atoms with Crippen LogP contribution in [0.3, 0.4) is 0 Å². The van der Waals surface area contributed by atoms with E-state index >= 15 is 0 Å². The number of carbonyl (C=O) groups is 1. The smallest absolute Gasteiger partial charge is 0.338 e. The summed E-state index contributed by atoms with van der Waals surface area (Å²) in [4.78, 5) is 11.7. The number of esters is 1. The van der Waals surface area contributed by atoms with E-state index in [0.29, 0.717) is 22.6 Å². The molecule has 0 amide bonds. The Morgan fingerprint density at radius 1 is 1.08 bits per heavy atom. The number of aryl methyl sites for hydroxylation is 1. The highest BCUT2D eigenvalue weighted by molar-refractivity contribution is 7.92. The van der Waals surface area contributed by atoms with Gasteiger partial charge in [-0.1, -0.05) is 0 Å². The summed E-state index contributed by atoms with van der Waals surface area (Å²) >= 11 is 0. The monoisotopic (exact) mass is 379 g/mol. The quantitative estimate of drug-likeness (QED) is 0.744. The van der Waals surface area contributed by atoms with Gasteiger partial charge in [-0.3, -0.25) is 4.72 Å². The van der Waals surface area contributed by atoms with Crippen LogP contribution in [-0.4, -0.2) is 35.2 Å². The topological polar surface area (TPSA) is 90.9 Å². The fourth-order valence-electron chi connectivity index (χ4n) is 2.31. The summed E-state index contributed by atoms with van der Waals surface area (Å²) < 4.78 is 43.3. The second-order valence-corrected chi connectivity index (χ2v) is 7.02. The first kappa shape index (κ1) is 19.6. The largest absolute Gasteiger partial charge is 0.497 e. The first-order valence-corrected chi connectivity index (χ1v) is 9.33. The predicted molar refractivity (Wildman–Crippen MR) is 97.5 cm³/mol. The molecule has 2 aromatic rings. The standard InChI is InChI=1S/C18H21NO6S/c1-5-25-18(20)13-6-8-15(12(2)10-13)19-26(21,22)17-11-14(23-3)7-9-16(17)24-4/h6-11,19H,5H2,1-4H3. The lowest BCUT2D eigenvalue weighted by Gasteiger charge is -2.14. The molecule has 0 aliphatic rings. The van der Waals surface area contributed by atoms with E-state index in [2.05, 4.69) is 4.72 Å². The summed E-state index contributed by atoms with van der Waals surface area (Å²) in [5.41, 5.74) is 1.29. The molecule has 2 rings (SSSR count). The number of hydrogen-bond donors (Lipinski definition) is 1. The van der Waals surface area contributed by atoms with Crippen molar-refractivity contribution in [2.24, 2.45) is 0 Å². The fraction of sp³-hybridized carbons (Fsp3) is 0.278. The van der Waals surface area contributed by atoms with E-state index in [0.717, 1.165) is 0 Å². The van der Waals surface area contributed by atoms with Crippen LogP contribution in [0.15, 0.2) is 41.3 Å². The molecule has 0 aromatic heterocycles. The molecule has 0 spiro atoms. The Hall–Kier alpha value is -2.74. The van der Waals surface area contributed by atoms with Crippen LogP contribution in [0.5, 0.6) is 11.5 Å². The maximum Gasteiger partial charge on any atom is 0.338 e. The van der Waals surface area contributed by atoms with Gasteiger partial charge in [0.25, 0.3) is 10.0 Å². The van der Waals surface area contributed by atoms with Crippen molar-refractivity contribution in [3.05, 3.63) is 47.5 Å². The fourth-order valence-corrected chi connectivity index (χ4v) is 3.63. The predicted octanol–water partition coefficient (Wildman–Crippen LogP) is 2.99. The normalized spacial score (nSPS) is 10.9. The minimum Gasteiger partial charge on any atom is -0.497 e. The summed E-state index contributed by atoms with van der Waals surface area (Å²) in [5.74, 6) is 0.124. The minimum absolute atomic E-state index is 0.0479. The van der Waals surface area contributed by atoms with Gasteiger partial charge in [0.15, 0.2) is 0 Å². The van der Waals surface area contributed by atoms with Crippen molar-refractivity contribution in [2.75, 3.05) is 25.5 Å². The summed E-state index contributed by atoms with van der Waals surface area (Å²) in [5, 5.41) is 0. The SMILES string of the molecule is CCOC(=O)c1ccc(NS(=O)(=O)c2cc(OC)ccc2OC)c(C)c1. The Bertz CT molecular complexity index is 908. The molecule has 1 N–H and O–H groups in total. The van der Waals surface area contributed by atoms with Crippen LogP contribution in [0, 0.1) is 6.92 Å². The Balaban J connectivity index is 2.37. The lowest BCUT2D eigenvalue weighted by atomic mass is 10.1. The van der Waals surface area contributed by atoms with Crippen LogP contribution in [-0.2, 0) is 14.8 Å². The van der Waals surface area contributed by atoms with Gasteiger partial charge in [0.1, 0.15) is 16.4 Å². The van der Waals surface area contributed by atoms with Gasteiger partial charge in [-0.2, -0.15) is 0 Å². The molecule has 0 bridgehead atoms. The van der Waals surface area contributed by atoms with Crippen molar-refractivity contribution in [3.63, 3.8) is 0 Å². The van der Waals surface area contributed by atoms with Crippen LogP contribution < -0.4 is 14.2 Å². The summed E-state index contributed by atoms with van der Waals surface area (Å²) in [6.07, 6.45) is 0. The Labute approximate surface area is 152 Å². The zero-order valence-corrected chi connectivity index (χ0v) is 15.8. The number of sulfonamides is 1. The van der Waals surface area contributed by atoms with Crippen LogP contribution in [0.1, 0.15) is 22.8 Å². The molecule has 0 saturated heterocycles. The van der Waals surface area contributed by atoms with Gasteiger partial charge in [-0.25, -0.2) is 13.2 Å². The van der Waals surface area contributed by atoms with E-state index < -0.39 is 16.0 Å². The molecule has 0 aliphatic carbocycles. The summed E-state index contributed by atoms with van der Waals surface area (Å²) in [7, 11) is -1.09. The highest BCUT2D eigenvalue weighted by atomic mass is 32.2. The Morgan fingerprint density at radius 2 is 1.81 bits per heavy atom. The van der Waals surface area contributed by atoms with Gasteiger partial charge in [0.05, 0.1) is 32.1 Å². The minimum atomic E-state index is -3.93. The molecule has 0 saturated carbocycles. The van der Waals surface area contributed by atoms with Gasteiger partial charge in [0.2, 0.25) is 0 Å². The van der Waals surface area contributed by atoms with E-state index in [-0.39, 0.29) is 17.3 Å². The Morgan fingerprint density at radius 3 is 2.38 bits per heavy atom. The van der Waals surface area contributed by atoms with E-state index in [1.807, 2.05) is 0 Å². The maximum atomic E-state index is 12.8. The number of carbonyl (C=O) groups excluding carboxylic acids is 1. The van der Waals surface area contributed by atoms with E-state index in [1.165, 1.54) is 38.5 Å². The molecule has 26 heavy (non-hydrogen) atoms. The molecule has 0 heterocycles. The van der Waals surface area contributed by atoms with E-state index in [9.17, 15) is 13.2 Å². The highest BCUT2D eigenvalue weighted by Crippen LogP contribution is 2.30. The molecular weight excluding hydrogens is 358 g/mol. The molecule has 0 atom stereocenters. The zero-order valence-electron chi connectivity index (χ0n) is 15.0. The first-order chi connectivity index (χ1) is 12.3. The number of methoxy groups -OCH3 is 2. The molecule has 8 heteroatoms. The second kappa shape index (κ2) is 8.09. The van der Waals surface area contributed by atoms with Gasteiger partial charge < -0.3 is 14.2 Å². The average Bonchev–Trinajstić information content (AvgIpc) is 2.62. The summed E-state index contributed by atoms with van der Waals surface area (Å²) in [6.45, 7) is 3.68. The van der Waals surface area contributed by atoms with Crippen molar-refractivity contribution in [3.8, 4) is 11.5 Å². The maximum absolute atomic E-state index is 12.8. The lowest BCUT2D eigenvalue weighted by molar-refractivity contribution is 0.0526. The molecular formula is C18H21NO6S. The van der Waals surface area contributed by atoms with Crippen molar-refractivity contribution >= 4 is 21.7 Å². The zero-order chi connectivity index (χ0) is 19.3. The molecule has 140 valence electrons. The third-order valence-corrected chi connectivity index (χ3v) is 5.03. The van der Waals surface area contributed by atoms with Gasteiger partial charge in [-0.05, 0) is 49.7 Å². The second-order valence-electron chi connectivity index (χ2n) is 5.37. The average molecular weight is 379 g/mol. The summed E-state index contributed by atoms with van der Waals surface area (Å²) in [6, 6.07) is 9.10. The van der Waals surface area contributed by atoms with Crippen LogP contribution in [0.4, 0.5) is 5.69 Å². The van der Waals surface area contributed by atoms with Crippen LogP contribution in [0.2, 0.25) is 0 Å². The molecule has 0 unspecified atom stereocenters. The Kier molecular flexibility index (Phi) is 6.10. The number of nitrogens with one attached hydrogen (secondary N) is 1. The van der Waals surface area contributed by atoms with Crippen molar-refractivity contribution in [1.29, 1.82) is 0 Å². The number of anilines is 1. The van der Waals surface area contributed by atoms with Gasteiger partial charge >= 0.3 is 5.97 Å². The van der Waals surface area contributed by atoms with Crippen molar-refractivity contribution in [1.82, 2.24) is 0 Å². The molecule has 0 radical (unpaired) electrons. The van der Waals surface area contributed by atoms with Gasteiger partial charge in [0, 0.05) is 6.07 Å². The number of rotatable bonds is 7. The van der Waals surface area contributed by atoms with Gasteiger partial charge in [-0.15, -0.1) is 0 Å². The lowest BCUT2D eigenvalue weighted by Crippen LogP contribution is -2.15. The number of benzene rings is 2. The molecule has 7 nitrogen and oxygen atoms in total. The number of ether oxygens (including phenoxy) is 3. The van der Waals surface area contributed by atoms with Crippen molar-refractivity contribution in [2.45, 2.75) is 18.7 Å². The third kappa shape index (κ3) is 4.26. The molecule has 2 aromatic carbocycles. The first-order valence-electron chi connectivity index (χ1n) is 7.85. The van der Waals surface area contributed by atoms with Crippen LogP contribution in [0.25, 0.3) is 0 Å². The van der Waals surface area contributed by atoms with E-state index in [1.54, 1.807) is 26.0 Å². The van der Waals surface area contributed by atoms with Crippen molar-refractivity contribution < 1.29 is 27.4 Å². The molecule has 0 fully saturated rings. The third-order valence-electron chi connectivity index (χ3n) is 3.64. The van der Waals surface area contributed by atoms with Crippen LogP contribution >= 0.6 is 0 Å². The van der Waals surface area contributed by atoms with E-state index in [4.69, 9.17) is 14.2 Å². The number of hydrogen-bond acceptors (Lipinski definition) is 6. The highest BCUT2D eigenvalue weighted by Gasteiger charge is 2.22.